The van der Waals surface area contributed by atoms with Crippen LogP contribution in [0.25, 0.3) is 0 Å². The van der Waals surface area contributed by atoms with E-state index in [1.165, 1.54) is 0 Å². The first kappa shape index (κ1) is 11.5. The van der Waals surface area contributed by atoms with Gasteiger partial charge in [-0.1, -0.05) is 30.4 Å². The van der Waals surface area contributed by atoms with Gasteiger partial charge in [-0.05, 0) is 30.7 Å². The van der Waals surface area contributed by atoms with Crippen molar-refractivity contribution in [3.63, 3.8) is 0 Å². The van der Waals surface area contributed by atoms with Gasteiger partial charge in [0.2, 0.25) is 0 Å². The van der Waals surface area contributed by atoms with E-state index in [-0.39, 0.29) is 0 Å². The van der Waals surface area contributed by atoms with E-state index in [0.717, 1.165) is 16.8 Å². The molecule has 0 spiro atoms. The van der Waals surface area contributed by atoms with Crippen LogP contribution in [0.1, 0.15) is 11.1 Å². The third-order valence-electron chi connectivity index (χ3n) is 2.44. The molecule has 0 amide bonds. The molecule has 0 fully saturated rings. The zero-order valence-electron chi connectivity index (χ0n) is 9.47. The first-order valence-electron chi connectivity index (χ1n) is 5.26. The lowest BCUT2D eigenvalue weighted by Gasteiger charge is -2.12. The fraction of sp³-hybridized carbons (Fsp3) is 0.0769. The highest BCUT2D eigenvalue weighted by Crippen LogP contribution is 2.20. The van der Waals surface area contributed by atoms with E-state index < -0.39 is 0 Å². The minimum absolute atomic E-state index is 0.356. The van der Waals surface area contributed by atoms with Crippen LogP contribution in [0.5, 0.6) is 0 Å². The molecule has 0 unspecified atom stereocenters. The van der Waals surface area contributed by atoms with Gasteiger partial charge in [-0.3, -0.25) is 0 Å². The monoisotopic (exact) mass is 243 g/mol. The summed E-state index contributed by atoms with van der Waals surface area (Å²) in [4.78, 5) is 4.63. The minimum atomic E-state index is 0.356. The van der Waals surface area contributed by atoms with E-state index in [1.807, 2.05) is 43.3 Å². The summed E-state index contributed by atoms with van der Waals surface area (Å²) >= 11 is 5.05. The van der Waals surface area contributed by atoms with Crippen LogP contribution in [-0.4, -0.2) is 9.97 Å². The smallest absolute Gasteiger partial charge is 0.140 e. The molecule has 3 N–H and O–H groups in total. The lowest BCUT2D eigenvalue weighted by molar-refractivity contribution is 1.26. The SMILES string of the molecule is Cc1ccnc(Nc2ccccc2)c1C(N)=S. The van der Waals surface area contributed by atoms with Crippen molar-refractivity contribution < 1.29 is 0 Å². The van der Waals surface area contributed by atoms with Gasteiger partial charge in [0.1, 0.15) is 10.8 Å². The summed E-state index contributed by atoms with van der Waals surface area (Å²) in [6.07, 6.45) is 1.74. The predicted molar refractivity (Wildman–Crippen MR) is 74.6 cm³/mol. The van der Waals surface area contributed by atoms with Crippen LogP contribution in [0.15, 0.2) is 42.6 Å². The Labute approximate surface area is 106 Å². The van der Waals surface area contributed by atoms with Crippen LogP contribution in [0, 0.1) is 6.92 Å². The molecule has 0 aliphatic carbocycles. The normalized spacial score (nSPS) is 9.94. The molecule has 86 valence electrons. The zero-order valence-corrected chi connectivity index (χ0v) is 10.3. The quantitative estimate of drug-likeness (QED) is 0.814. The summed E-state index contributed by atoms with van der Waals surface area (Å²) in [6, 6.07) is 11.7. The number of hydrogen-bond acceptors (Lipinski definition) is 3. The first-order valence-corrected chi connectivity index (χ1v) is 5.67. The van der Waals surface area contributed by atoms with Crippen molar-refractivity contribution in [2.75, 3.05) is 5.32 Å². The Morgan fingerprint density at radius 3 is 2.59 bits per heavy atom. The molecule has 2 rings (SSSR count). The molecular formula is C13H13N3S. The molecule has 0 bridgehead atoms. The second kappa shape index (κ2) is 4.93. The van der Waals surface area contributed by atoms with Crippen LogP contribution in [0.2, 0.25) is 0 Å². The highest BCUT2D eigenvalue weighted by atomic mass is 32.1. The number of nitrogens with two attached hydrogens (primary N) is 1. The Balaban J connectivity index is 2.40. The Bertz CT molecular complexity index is 538. The Hall–Kier alpha value is -1.94. The van der Waals surface area contributed by atoms with E-state index in [1.54, 1.807) is 6.20 Å². The maximum absolute atomic E-state index is 5.72. The average molecular weight is 243 g/mol. The molecule has 0 saturated heterocycles. The highest BCUT2D eigenvalue weighted by molar-refractivity contribution is 7.80. The lowest BCUT2D eigenvalue weighted by Crippen LogP contribution is -2.14. The number of benzene rings is 1. The number of anilines is 2. The second-order valence-electron chi connectivity index (χ2n) is 3.71. The zero-order chi connectivity index (χ0) is 12.3. The van der Waals surface area contributed by atoms with Gasteiger partial charge in [0.25, 0.3) is 0 Å². The summed E-state index contributed by atoms with van der Waals surface area (Å²) in [5, 5.41) is 3.22. The highest BCUT2D eigenvalue weighted by Gasteiger charge is 2.09. The third-order valence-corrected chi connectivity index (χ3v) is 2.65. The molecule has 3 nitrogen and oxygen atoms in total. The van der Waals surface area contributed by atoms with Gasteiger partial charge >= 0.3 is 0 Å². The molecule has 0 radical (unpaired) electrons. The number of nitrogens with zero attached hydrogens (tertiary/aromatic N) is 1. The summed E-state index contributed by atoms with van der Waals surface area (Å²) in [5.41, 5.74) is 8.50. The number of aromatic nitrogens is 1. The number of rotatable bonds is 3. The van der Waals surface area contributed by atoms with E-state index >= 15 is 0 Å². The van der Waals surface area contributed by atoms with Crippen LogP contribution >= 0.6 is 12.2 Å². The van der Waals surface area contributed by atoms with Crippen molar-refractivity contribution in [1.82, 2.24) is 4.98 Å². The Morgan fingerprint density at radius 1 is 1.24 bits per heavy atom. The molecule has 0 aliphatic rings. The van der Waals surface area contributed by atoms with Crippen LogP contribution in [0.3, 0.4) is 0 Å². The fourth-order valence-electron chi connectivity index (χ4n) is 1.62. The molecule has 0 aliphatic heterocycles. The van der Waals surface area contributed by atoms with Crippen LogP contribution in [-0.2, 0) is 0 Å². The average Bonchev–Trinajstić information content (AvgIpc) is 2.30. The molecule has 0 atom stereocenters. The Morgan fingerprint density at radius 2 is 1.94 bits per heavy atom. The van der Waals surface area contributed by atoms with Crippen LogP contribution < -0.4 is 11.1 Å². The standard InChI is InChI=1S/C13H13N3S/c1-9-7-8-15-13(11(9)12(14)17)16-10-5-3-2-4-6-10/h2-8H,1H3,(H2,14,17)(H,15,16). The van der Waals surface area contributed by atoms with Gasteiger partial charge < -0.3 is 11.1 Å². The van der Waals surface area contributed by atoms with Gasteiger partial charge in [0.15, 0.2) is 0 Å². The molecule has 0 saturated carbocycles. The molecule has 4 heteroatoms. The van der Waals surface area contributed by atoms with Gasteiger partial charge in [0.05, 0.1) is 5.56 Å². The van der Waals surface area contributed by atoms with Gasteiger partial charge in [-0.2, -0.15) is 0 Å². The van der Waals surface area contributed by atoms with E-state index in [9.17, 15) is 0 Å². The second-order valence-corrected chi connectivity index (χ2v) is 4.15. The summed E-state index contributed by atoms with van der Waals surface area (Å²) in [7, 11) is 0. The number of nitrogens with one attached hydrogen (secondary N) is 1. The van der Waals surface area contributed by atoms with Crippen molar-refractivity contribution in [2.24, 2.45) is 5.73 Å². The van der Waals surface area contributed by atoms with Crippen molar-refractivity contribution in [3.8, 4) is 0 Å². The van der Waals surface area contributed by atoms with Crippen molar-refractivity contribution in [1.29, 1.82) is 0 Å². The molecule has 2 aromatic rings. The number of thiocarbonyl (C=S) groups is 1. The summed E-state index contributed by atoms with van der Waals surface area (Å²) in [5.74, 6) is 0.698. The van der Waals surface area contributed by atoms with Crippen molar-refractivity contribution in [2.45, 2.75) is 6.92 Å². The molecule has 1 aromatic heterocycles. The number of para-hydroxylation sites is 1. The summed E-state index contributed by atoms with van der Waals surface area (Å²) in [6.45, 7) is 1.96. The van der Waals surface area contributed by atoms with Crippen molar-refractivity contribution in [3.05, 3.63) is 53.7 Å². The maximum Gasteiger partial charge on any atom is 0.140 e. The first-order chi connectivity index (χ1) is 8.18. The third kappa shape index (κ3) is 2.60. The largest absolute Gasteiger partial charge is 0.389 e. The molecule has 1 aromatic carbocycles. The van der Waals surface area contributed by atoms with E-state index in [4.69, 9.17) is 18.0 Å². The minimum Gasteiger partial charge on any atom is -0.389 e. The maximum atomic E-state index is 5.72. The lowest BCUT2D eigenvalue weighted by atomic mass is 10.1. The van der Waals surface area contributed by atoms with E-state index in [0.29, 0.717) is 10.8 Å². The number of pyridine rings is 1. The Kier molecular flexibility index (Phi) is 3.35. The molecule has 1 heterocycles. The number of hydrogen-bond donors (Lipinski definition) is 2. The molecular weight excluding hydrogens is 230 g/mol. The predicted octanol–water partition coefficient (Wildman–Crippen LogP) is 2.77. The van der Waals surface area contributed by atoms with Gasteiger partial charge in [0, 0.05) is 11.9 Å². The van der Waals surface area contributed by atoms with Gasteiger partial charge in [-0.25, -0.2) is 4.98 Å². The topological polar surface area (TPSA) is 50.9 Å². The summed E-state index contributed by atoms with van der Waals surface area (Å²) < 4.78 is 0. The number of aryl methyl sites for hydroxylation is 1. The van der Waals surface area contributed by atoms with E-state index in [2.05, 4.69) is 10.3 Å². The fourth-order valence-corrected chi connectivity index (χ4v) is 1.88. The molecule has 17 heavy (non-hydrogen) atoms. The van der Waals surface area contributed by atoms with Crippen LogP contribution in [0.4, 0.5) is 11.5 Å². The van der Waals surface area contributed by atoms with Gasteiger partial charge in [-0.15, -0.1) is 0 Å². The van der Waals surface area contributed by atoms with Crippen molar-refractivity contribution >= 4 is 28.7 Å².